The average molecular weight is 449 g/mol. The van der Waals surface area contributed by atoms with E-state index in [4.69, 9.17) is 4.74 Å². The summed E-state index contributed by atoms with van der Waals surface area (Å²) in [7, 11) is 1.20. The molecule has 3 heterocycles. The maximum atomic E-state index is 11.0. The van der Waals surface area contributed by atoms with Crippen LogP contribution in [0.4, 0.5) is 5.82 Å². The van der Waals surface area contributed by atoms with Crippen LogP contribution in [0.15, 0.2) is 39.4 Å². The molecule has 3 rings (SSSR count). The molecule has 0 radical (unpaired) electrons. The van der Waals surface area contributed by atoms with Gasteiger partial charge in [-0.1, -0.05) is 17.3 Å². The molecular formula is C18H23N7O5S. The topological polar surface area (TPSA) is 168 Å². The molecule has 166 valence electrons. The summed E-state index contributed by atoms with van der Waals surface area (Å²) in [5, 5.41) is 4.01. The Bertz CT molecular complexity index is 1150. The molecule has 0 saturated heterocycles. The van der Waals surface area contributed by atoms with Gasteiger partial charge in [0.05, 0.1) is 19.6 Å². The molecule has 4 N–H and O–H groups in total. The number of methoxy groups -OCH3 is 1. The number of aromatic nitrogens is 6. The van der Waals surface area contributed by atoms with Crippen molar-refractivity contribution >= 4 is 34.7 Å². The Hall–Kier alpha value is -3.61. The first kappa shape index (κ1) is 23.7. The van der Waals surface area contributed by atoms with Crippen LogP contribution < -0.4 is 21.3 Å². The number of nitrogens with one attached hydrogen (secondary N) is 4. The molecule has 12 nitrogen and oxygen atoms in total. The molecule has 13 heteroatoms. The third-order valence-corrected chi connectivity index (χ3v) is 4.20. The Morgan fingerprint density at radius 1 is 1.29 bits per heavy atom. The van der Waals surface area contributed by atoms with Crippen LogP contribution in [0.1, 0.15) is 13.3 Å². The molecule has 0 unspecified atom stereocenters. The zero-order chi connectivity index (χ0) is 22.8. The number of carbonyl (C=O) groups is 1. The summed E-state index contributed by atoms with van der Waals surface area (Å²) in [5.74, 6) is 0.0451. The molecule has 0 bridgehead atoms. The Labute approximate surface area is 180 Å². The standard InChI is InChI=1S/C11H15N5S.C7H8N2O5/c1-7(2)4-5-12-9-8-10(14-6-13-8)16-11(15-9)17-3;1-13-5(10)3-14-4-2-8-7(12)9-6(4)11/h6H,1,4-5H2,2-3H3,(H2,12,13,14,15,16);2H,3H2,1H3,(H2,8,9,11,12). The fraction of sp³-hybridized carbons (Fsp3) is 0.333. The van der Waals surface area contributed by atoms with Gasteiger partial charge in [0.2, 0.25) is 5.75 Å². The minimum atomic E-state index is -0.697. The summed E-state index contributed by atoms with van der Waals surface area (Å²) in [4.78, 5) is 52.3. The molecule has 0 aromatic carbocycles. The largest absolute Gasteiger partial charge is 0.475 e. The molecule has 0 aliphatic heterocycles. The maximum Gasteiger partial charge on any atom is 0.343 e. The lowest BCUT2D eigenvalue weighted by Crippen LogP contribution is -2.24. The molecule has 31 heavy (non-hydrogen) atoms. The van der Waals surface area contributed by atoms with Gasteiger partial charge in [0, 0.05) is 6.54 Å². The van der Waals surface area contributed by atoms with Gasteiger partial charge in [-0.15, -0.1) is 6.58 Å². The predicted molar refractivity (Wildman–Crippen MR) is 117 cm³/mol. The zero-order valence-electron chi connectivity index (χ0n) is 17.3. The van der Waals surface area contributed by atoms with Crippen molar-refractivity contribution in [3.63, 3.8) is 0 Å². The van der Waals surface area contributed by atoms with Gasteiger partial charge >= 0.3 is 11.7 Å². The predicted octanol–water partition coefficient (Wildman–Crippen LogP) is 1.07. The van der Waals surface area contributed by atoms with Gasteiger partial charge < -0.3 is 24.8 Å². The number of thioether (sulfide) groups is 1. The van der Waals surface area contributed by atoms with E-state index < -0.39 is 17.2 Å². The van der Waals surface area contributed by atoms with Crippen LogP contribution in [0.3, 0.4) is 0 Å². The Balaban J connectivity index is 0.000000225. The molecule has 3 aromatic heterocycles. The average Bonchev–Trinajstić information content (AvgIpc) is 3.22. The van der Waals surface area contributed by atoms with Gasteiger partial charge in [0.25, 0.3) is 5.56 Å². The second kappa shape index (κ2) is 11.5. The Morgan fingerprint density at radius 3 is 2.71 bits per heavy atom. The number of anilines is 1. The summed E-state index contributed by atoms with van der Waals surface area (Å²) in [6, 6.07) is 0. The smallest absolute Gasteiger partial charge is 0.343 e. The van der Waals surface area contributed by atoms with Crippen LogP contribution in [0.25, 0.3) is 11.2 Å². The quantitative estimate of drug-likeness (QED) is 0.169. The summed E-state index contributed by atoms with van der Waals surface area (Å²) in [5.41, 5.74) is 1.36. The Morgan fingerprint density at radius 2 is 2.06 bits per heavy atom. The van der Waals surface area contributed by atoms with E-state index in [-0.39, 0.29) is 12.4 Å². The number of imidazole rings is 1. The summed E-state index contributed by atoms with van der Waals surface area (Å²) in [6.07, 6.45) is 5.58. The fourth-order valence-electron chi connectivity index (χ4n) is 2.13. The van der Waals surface area contributed by atoms with Gasteiger partial charge in [-0.2, -0.15) is 0 Å². The van der Waals surface area contributed by atoms with Gasteiger partial charge in [-0.3, -0.25) is 9.78 Å². The van der Waals surface area contributed by atoms with Crippen molar-refractivity contribution in [1.29, 1.82) is 0 Å². The van der Waals surface area contributed by atoms with Crippen molar-refractivity contribution in [1.82, 2.24) is 29.9 Å². The highest BCUT2D eigenvalue weighted by atomic mass is 32.2. The summed E-state index contributed by atoms with van der Waals surface area (Å²) >= 11 is 1.51. The highest BCUT2D eigenvalue weighted by molar-refractivity contribution is 7.98. The monoisotopic (exact) mass is 449 g/mol. The lowest BCUT2D eigenvalue weighted by atomic mass is 10.2. The van der Waals surface area contributed by atoms with E-state index in [9.17, 15) is 14.4 Å². The van der Waals surface area contributed by atoms with Crippen LogP contribution in [-0.2, 0) is 9.53 Å². The summed E-state index contributed by atoms with van der Waals surface area (Å²) in [6.45, 7) is 6.32. The van der Waals surface area contributed by atoms with Gasteiger partial charge in [0.1, 0.15) is 5.52 Å². The van der Waals surface area contributed by atoms with Crippen molar-refractivity contribution in [2.24, 2.45) is 0 Å². The van der Waals surface area contributed by atoms with Crippen molar-refractivity contribution in [2.75, 3.05) is 31.8 Å². The number of carbonyl (C=O) groups excluding carboxylic acids is 1. The van der Waals surface area contributed by atoms with E-state index in [0.717, 1.165) is 41.2 Å². The first-order valence-electron chi connectivity index (χ1n) is 8.99. The molecule has 0 saturated carbocycles. The lowest BCUT2D eigenvalue weighted by Gasteiger charge is -2.07. The lowest BCUT2D eigenvalue weighted by molar-refractivity contribution is -0.142. The van der Waals surface area contributed by atoms with Crippen LogP contribution >= 0.6 is 11.8 Å². The number of rotatable bonds is 8. The SMILES string of the molecule is C=C(C)CCNc1nc(SC)nc2nc[nH]c12.COC(=O)COc1c[nH]c(=O)[nH]c1=O. The van der Waals surface area contributed by atoms with Crippen LogP contribution in [0.5, 0.6) is 5.75 Å². The fourth-order valence-corrected chi connectivity index (χ4v) is 2.49. The van der Waals surface area contributed by atoms with E-state index in [1.54, 1.807) is 6.33 Å². The van der Waals surface area contributed by atoms with Crippen molar-refractivity contribution in [2.45, 2.75) is 18.5 Å². The van der Waals surface area contributed by atoms with Crippen LogP contribution in [0.2, 0.25) is 0 Å². The minimum Gasteiger partial charge on any atom is -0.475 e. The van der Waals surface area contributed by atoms with E-state index in [1.807, 2.05) is 18.2 Å². The third-order valence-electron chi connectivity index (χ3n) is 3.65. The van der Waals surface area contributed by atoms with Crippen molar-refractivity contribution in [3.05, 3.63) is 45.5 Å². The Kier molecular flexibility index (Phi) is 8.81. The highest BCUT2D eigenvalue weighted by Gasteiger charge is 2.08. The van der Waals surface area contributed by atoms with Crippen molar-refractivity contribution in [3.8, 4) is 5.75 Å². The van der Waals surface area contributed by atoms with Crippen LogP contribution in [0, 0.1) is 0 Å². The first-order valence-corrected chi connectivity index (χ1v) is 10.2. The number of hydrogen-bond acceptors (Lipinski definition) is 10. The zero-order valence-corrected chi connectivity index (χ0v) is 18.1. The molecule has 0 aliphatic rings. The number of nitrogens with zero attached hydrogens (tertiary/aromatic N) is 3. The normalized spacial score (nSPS) is 10.2. The highest BCUT2D eigenvalue weighted by Crippen LogP contribution is 2.20. The van der Waals surface area contributed by atoms with Crippen molar-refractivity contribution < 1.29 is 14.3 Å². The molecule has 0 fully saturated rings. The second-order valence-electron chi connectivity index (χ2n) is 6.09. The van der Waals surface area contributed by atoms with Gasteiger partial charge in [-0.05, 0) is 19.6 Å². The van der Waals surface area contributed by atoms with E-state index in [2.05, 4.69) is 41.6 Å². The number of H-pyrrole nitrogens is 3. The van der Waals surface area contributed by atoms with E-state index in [0.29, 0.717) is 5.65 Å². The first-order chi connectivity index (χ1) is 14.8. The number of ether oxygens (including phenoxy) is 2. The second-order valence-corrected chi connectivity index (χ2v) is 6.87. The number of aromatic amines is 3. The van der Waals surface area contributed by atoms with Crippen LogP contribution in [-0.4, -0.2) is 62.4 Å². The minimum absolute atomic E-state index is 0.144. The summed E-state index contributed by atoms with van der Waals surface area (Å²) < 4.78 is 9.04. The molecule has 0 atom stereocenters. The molecule has 3 aromatic rings. The van der Waals surface area contributed by atoms with E-state index >= 15 is 0 Å². The third kappa shape index (κ3) is 7.29. The van der Waals surface area contributed by atoms with Gasteiger partial charge in [0.15, 0.2) is 23.2 Å². The molecule has 0 spiro atoms. The van der Waals surface area contributed by atoms with E-state index in [1.165, 1.54) is 18.9 Å². The number of hydrogen-bond donors (Lipinski definition) is 4. The molecular weight excluding hydrogens is 426 g/mol. The molecule has 0 amide bonds. The maximum absolute atomic E-state index is 11.0. The van der Waals surface area contributed by atoms with Gasteiger partial charge in [-0.25, -0.2) is 24.5 Å². The number of fused-ring (bicyclic) bond motifs is 1. The number of esters is 1. The molecule has 0 aliphatic carbocycles.